The Kier molecular flexibility index (Phi) is 3.37. The third-order valence-electron chi connectivity index (χ3n) is 3.30. The second-order valence-corrected chi connectivity index (χ2v) is 4.70. The SMILES string of the molecule is O=C(NOC1CCCC1)c1cnc2ccccc2n1. The van der Waals surface area contributed by atoms with Crippen molar-refractivity contribution in [2.45, 2.75) is 31.8 Å². The van der Waals surface area contributed by atoms with Crippen LogP contribution in [0.3, 0.4) is 0 Å². The third-order valence-corrected chi connectivity index (χ3v) is 3.30. The van der Waals surface area contributed by atoms with Crippen molar-refractivity contribution >= 4 is 16.9 Å². The average molecular weight is 257 g/mol. The predicted octanol–water partition coefficient (Wildman–Crippen LogP) is 2.23. The Bertz CT molecular complexity index is 594. The van der Waals surface area contributed by atoms with Crippen LogP contribution in [0.2, 0.25) is 0 Å². The summed E-state index contributed by atoms with van der Waals surface area (Å²) in [5.74, 6) is -0.342. The first kappa shape index (κ1) is 12.0. The highest BCUT2D eigenvalue weighted by Gasteiger charge is 2.18. The van der Waals surface area contributed by atoms with Crippen molar-refractivity contribution in [2.24, 2.45) is 0 Å². The second-order valence-electron chi connectivity index (χ2n) is 4.70. The summed E-state index contributed by atoms with van der Waals surface area (Å²) in [4.78, 5) is 25.7. The maximum Gasteiger partial charge on any atom is 0.295 e. The number of aromatic nitrogens is 2. The van der Waals surface area contributed by atoms with Crippen molar-refractivity contribution in [1.82, 2.24) is 15.4 Å². The molecule has 19 heavy (non-hydrogen) atoms. The highest BCUT2D eigenvalue weighted by Crippen LogP contribution is 2.20. The first-order valence-corrected chi connectivity index (χ1v) is 6.51. The van der Waals surface area contributed by atoms with Crippen LogP contribution in [0.25, 0.3) is 11.0 Å². The summed E-state index contributed by atoms with van der Waals surface area (Å²) in [6.07, 6.45) is 5.94. The summed E-state index contributed by atoms with van der Waals surface area (Å²) in [6, 6.07) is 7.45. The van der Waals surface area contributed by atoms with Crippen LogP contribution in [-0.2, 0) is 4.84 Å². The first-order chi connectivity index (χ1) is 9.33. The molecule has 1 aromatic heterocycles. The van der Waals surface area contributed by atoms with Crippen LogP contribution in [0.15, 0.2) is 30.5 Å². The van der Waals surface area contributed by atoms with E-state index in [4.69, 9.17) is 4.84 Å². The van der Waals surface area contributed by atoms with Gasteiger partial charge in [-0.25, -0.2) is 10.5 Å². The molecule has 1 saturated carbocycles. The minimum Gasteiger partial charge on any atom is -0.270 e. The molecule has 5 nitrogen and oxygen atoms in total. The van der Waals surface area contributed by atoms with Gasteiger partial charge in [0.2, 0.25) is 0 Å². The molecule has 0 radical (unpaired) electrons. The van der Waals surface area contributed by atoms with Crippen molar-refractivity contribution in [3.8, 4) is 0 Å². The largest absolute Gasteiger partial charge is 0.295 e. The predicted molar refractivity (Wildman–Crippen MR) is 70.3 cm³/mol. The summed E-state index contributed by atoms with van der Waals surface area (Å²) in [5, 5.41) is 0. The van der Waals surface area contributed by atoms with E-state index in [0.29, 0.717) is 5.52 Å². The summed E-state index contributed by atoms with van der Waals surface area (Å²) >= 11 is 0. The lowest BCUT2D eigenvalue weighted by atomic mass is 10.3. The summed E-state index contributed by atoms with van der Waals surface area (Å²) in [6.45, 7) is 0. The highest BCUT2D eigenvalue weighted by atomic mass is 16.7. The Morgan fingerprint density at radius 1 is 1.21 bits per heavy atom. The molecule has 3 rings (SSSR count). The van der Waals surface area contributed by atoms with E-state index in [-0.39, 0.29) is 17.7 Å². The Morgan fingerprint density at radius 3 is 2.74 bits per heavy atom. The molecule has 0 aliphatic heterocycles. The number of rotatable bonds is 3. The van der Waals surface area contributed by atoms with Crippen molar-refractivity contribution < 1.29 is 9.63 Å². The molecular formula is C14H15N3O2. The number of carbonyl (C=O) groups is 1. The maximum absolute atomic E-state index is 11.9. The van der Waals surface area contributed by atoms with Crippen LogP contribution >= 0.6 is 0 Å². The van der Waals surface area contributed by atoms with Crippen LogP contribution in [-0.4, -0.2) is 22.0 Å². The van der Waals surface area contributed by atoms with Gasteiger partial charge in [-0.15, -0.1) is 0 Å². The molecule has 1 aliphatic rings. The number of hydroxylamine groups is 1. The Morgan fingerprint density at radius 2 is 1.95 bits per heavy atom. The number of carbonyl (C=O) groups excluding carboxylic acids is 1. The van der Waals surface area contributed by atoms with E-state index < -0.39 is 0 Å². The van der Waals surface area contributed by atoms with Crippen molar-refractivity contribution in [1.29, 1.82) is 0 Å². The Balaban J connectivity index is 1.70. The topological polar surface area (TPSA) is 64.1 Å². The van der Waals surface area contributed by atoms with E-state index >= 15 is 0 Å². The van der Waals surface area contributed by atoms with E-state index in [1.54, 1.807) is 0 Å². The van der Waals surface area contributed by atoms with Crippen LogP contribution < -0.4 is 5.48 Å². The molecule has 0 unspecified atom stereocenters. The van der Waals surface area contributed by atoms with Crippen LogP contribution in [0, 0.1) is 0 Å². The van der Waals surface area contributed by atoms with Gasteiger partial charge < -0.3 is 0 Å². The molecule has 98 valence electrons. The van der Waals surface area contributed by atoms with Crippen molar-refractivity contribution in [3.63, 3.8) is 0 Å². The summed E-state index contributed by atoms with van der Waals surface area (Å²) in [7, 11) is 0. The van der Waals surface area contributed by atoms with Crippen LogP contribution in [0.1, 0.15) is 36.2 Å². The number of benzene rings is 1. The molecule has 1 aromatic carbocycles. The number of hydrogen-bond acceptors (Lipinski definition) is 4. The Hall–Kier alpha value is -2.01. The fraction of sp³-hybridized carbons (Fsp3) is 0.357. The van der Waals surface area contributed by atoms with E-state index in [9.17, 15) is 4.79 Å². The minimum atomic E-state index is -0.342. The molecule has 1 N–H and O–H groups in total. The zero-order chi connectivity index (χ0) is 13.1. The van der Waals surface area contributed by atoms with Gasteiger partial charge in [-0.1, -0.05) is 25.0 Å². The third kappa shape index (κ3) is 2.71. The van der Waals surface area contributed by atoms with Gasteiger partial charge in [0.25, 0.3) is 5.91 Å². The normalized spacial score (nSPS) is 15.8. The monoisotopic (exact) mass is 257 g/mol. The van der Waals surface area contributed by atoms with E-state index in [1.165, 1.54) is 6.20 Å². The molecule has 0 saturated heterocycles. The van der Waals surface area contributed by atoms with Crippen molar-refractivity contribution in [3.05, 3.63) is 36.2 Å². The zero-order valence-electron chi connectivity index (χ0n) is 10.5. The quantitative estimate of drug-likeness (QED) is 0.856. The molecule has 2 aromatic rings. The maximum atomic E-state index is 11.9. The van der Waals surface area contributed by atoms with Gasteiger partial charge in [-0.3, -0.25) is 14.6 Å². The van der Waals surface area contributed by atoms with E-state index in [0.717, 1.165) is 31.2 Å². The average Bonchev–Trinajstić information content (AvgIpc) is 2.97. The van der Waals surface area contributed by atoms with Gasteiger partial charge in [-0.2, -0.15) is 0 Å². The minimum absolute atomic E-state index is 0.136. The number of amides is 1. The summed E-state index contributed by atoms with van der Waals surface area (Å²) < 4.78 is 0. The standard InChI is InChI=1S/C14H15N3O2/c18-14(17-19-10-5-1-2-6-10)13-9-15-11-7-3-4-8-12(11)16-13/h3-4,7-10H,1-2,5-6H2,(H,17,18). The first-order valence-electron chi connectivity index (χ1n) is 6.51. The van der Waals surface area contributed by atoms with Crippen molar-refractivity contribution in [2.75, 3.05) is 0 Å². The van der Waals surface area contributed by atoms with Gasteiger partial charge in [0.1, 0.15) is 5.69 Å². The second kappa shape index (κ2) is 5.32. The lowest BCUT2D eigenvalue weighted by Crippen LogP contribution is -2.29. The number of nitrogens with one attached hydrogen (secondary N) is 1. The number of fused-ring (bicyclic) bond motifs is 1. The van der Waals surface area contributed by atoms with Gasteiger partial charge in [-0.05, 0) is 25.0 Å². The molecule has 1 amide bonds. The molecule has 1 aliphatic carbocycles. The molecule has 1 heterocycles. The fourth-order valence-corrected chi connectivity index (χ4v) is 2.26. The van der Waals surface area contributed by atoms with Crippen LogP contribution in [0.4, 0.5) is 0 Å². The van der Waals surface area contributed by atoms with Crippen LogP contribution in [0.5, 0.6) is 0 Å². The lowest BCUT2D eigenvalue weighted by molar-refractivity contribution is -0.0127. The molecule has 0 spiro atoms. The fourth-order valence-electron chi connectivity index (χ4n) is 2.26. The molecule has 0 atom stereocenters. The zero-order valence-corrected chi connectivity index (χ0v) is 10.5. The smallest absolute Gasteiger partial charge is 0.270 e. The summed E-state index contributed by atoms with van der Waals surface area (Å²) in [5.41, 5.74) is 4.22. The highest BCUT2D eigenvalue weighted by molar-refractivity contribution is 5.93. The number of hydrogen-bond donors (Lipinski definition) is 1. The Labute approximate surface area is 111 Å². The van der Waals surface area contributed by atoms with Gasteiger partial charge >= 0.3 is 0 Å². The molecule has 0 bridgehead atoms. The number of para-hydroxylation sites is 2. The number of nitrogens with zero attached hydrogens (tertiary/aromatic N) is 2. The molecular weight excluding hydrogens is 242 g/mol. The van der Waals surface area contributed by atoms with E-state index in [1.807, 2.05) is 24.3 Å². The lowest BCUT2D eigenvalue weighted by Gasteiger charge is -2.10. The molecule has 5 heteroatoms. The van der Waals surface area contributed by atoms with Gasteiger partial charge in [0.05, 0.1) is 23.3 Å². The van der Waals surface area contributed by atoms with E-state index in [2.05, 4.69) is 15.4 Å². The van der Waals surface area contributed by atoms with Gasteiger partial charge in [0.15, 0.2) is 0 Å². The van der Waals surface area contributed by atoms with Gasteiger partial charge in [0, 0.05) is 0 Å². The molecule has 1 fully saturated rings.